The molecule has 0 bridgehead atoms. The predicted octanol–water partition coefficient (Wildman–Crippen LogP) is 2.89. The minimum Gasteiger partial charge on any atom is -0.545 e. The van der Waals surface area contributed by atoms with E-state index in [0.29, 0.717) is 0 Å². The van der Waals surface area contributed by atoms with Gasteiger partial charge in [-0.1, -0.05) is 12.8 Å². The largest absolute Gasteiger partial charge is 2.00 e. The third kappa shape index (κ3) is 11.5. The second-order valence-electron chi connectivity index (χ2n) is 9.62. The maximum Gasteiger partial charge on any atom is 2.00 e. The summed E-state index contributed by atoms with van der Waals surface area (Å²) >= 11 is 0. The summed E-state index contributed by atoms with van der Waals surface area (Å²) in [5.41, 5.74) is -0.272. The molecule has 2 aliphatic rings. The summed E-state index contributed by atoms with van der Waals surface area (Å²) in [4.78, 5) is 44.9. The maximum absolute atomic E-state index is 11.7. The van der Waals surface area contributed by atoms with Crippen molar-refractivity contribution in [2.45, 2.75) is 76.4 Å². The van der Waals surface area contributed by atoms with E-state index >= 15 is 0 Å². The normalized spacial score (nSPS) is 15.2. The molecule has 13 heteroatoms. The van der Waals surface area contributed by atoms with Gasteiger partial charge < -0.3 is 39.5 Å². The number of phenols is 2. The van der Waals surface area contributed by atoms with Crippen LogP contribution in [0.4, 0.5) is 21.0 Å². The summed E-state index contributed by atoms with van der Waals surface area (Å²) in [5, 5.41) is 45.1. The molecule has 2 aromatic carbocycles. The molecule has 2 amide bonds. The van der Waals surface area contributed by atoms with E-state index in [1.165, 1.54) is 24.3 Å². The first-order valence-corrected chi connectivity index (χ1v) is 13.2. The van der Waals surface area contributed by atoms with E-state index in [1.54, 1.807) is 0 Å². The number of carboxylic acid groups (broad SMARTS) is 2. The Morgan fingerprint density at radius 1 is 0.634 bits per heavy atom. The molecule has 12 nitrogen and oxygen atoms in total. The van der Waals surface area contributed by atoms with Crippen LogP contribution in [0, 0.1) is 0 Å². The van der Waals surface area contributed by atoms with Gasteiger partial charge in [0, 0.05) is 22.5 Å². The van der Waals surface area contributed by atoms with Crippen molar-refractivity contribution in [3.8, 4) is 11.5 Å². The molecular formula is C28H32BaN2O10. The van der Waals surface area contributed by atoms with Gasteiger partial charge in [-0.3, -0.25) is 10.6 Å². The Labute approximate surface area is 277 Å². The Kier molecular flexibility index (Phi) is 14.3. The minimum atomic E-state index is -1.51. The van der Waals surface area contributed by atoms with Crippen molar-refractivity contribution in [3.63, 3.8) is 0 Å². The van der Waals surface area contributed by atoms with E-state index in [1.807, 2.05) is 0 Å². The molecule has 4 rings (SSSR count). The summed E-state index contributed by atoms with van der Waals surface area (Å²) in [6, 6.07) is 7.41. The van der Waals surface area contributed by atoms with Crippen LogP contribution in [-0.2, 0) is 9.47 Å². The Morgan fingerprint density at radius 2 is 0.976 bits per heavy atom. The van der Waals surface area contributed by atoms with Crippen molar-refractivity contribution in [2.75, 3.05) is 10.6 Å². The van der Waals surface area contributed by atoms with Crippen LogP contribution in [0.25, 0.3) is 0 Å². The molecule has 0 spiro atoms. The van der Waals surface area contributed by atoms with Crippen LogP contribution in [0.5, 0.6) is 11.5 Å². The average Bonchev–Trinajstić information content (AvgIpc) is 2.92. The Hall–Kier alpha value is -2.91. The summed E-state index contributed by atoms with van der Waals surface area (Å²) in [5.74, 6) is -3.83. The van der Waals surface area contributed by atoms with Gasteiger partial charge in [0.1, 0.15) is 23.7 Å². The first-order chi connectivity index (χ1) is 19.1. The third-order valence-corrected chi connectivity index (χ3v) is 6.58. The van der Waals surface area contributed by atoms with E-state index in [2.05, 4.69) is 10.6 Å². The summed E-state index contributed by atoms with van der Waals surface area (Å²) in [6.45, 7) is 0. The van der Waals surface area contributed by atoms with Gasteiger partial charge in [-0.15, -0.1) is 0 Å². The van der Waals surface area contributed by atoms with Crippen LogP contribution in [-0.4, -0.2) is 95.4 Å². The van der Waals surface area contributed by atoms with Gasteiger partial charge in [0.05, 0.1) is 11.9 Å². The molecular weight excluding hydrogens is 662 g/mol. The zero-order valence-corrected chi connectivity index (χ0v) is 27.0. The smallest absolute Gasteiger partial charge is 0.545 e. The quantitative estimate of drug-likeness (QED) is 0.258. The average molecular weight is 694 g/mol. The summed E-state index contributed by atoms with van der Waals surface area (Å²) in [6.07, 6.45) is 8.53. The summed E-state index contributed by atoms with van der Waals surface area (Å²) < 4.78 is 10.5. The molecule has 0 aromatic heterocycles. The number of carbonyl (C=O) groups is 4. The SMILES string of the molecule is O=C(Nc1ccc(O)c(C(=O)[O-])c1)OC1CCCCC1.O=C(Nc1ccc(O)c(C(=O)[O-])c1)OC1CCCCC1.[Ba+2]. The number of anilines is 2. The van der Waals surface area contributed by atoms with Crippen molar-refractivity contribution in [3.05, 3.63) is 47.5 Å². The molecule has 0 radical (unpaired) electrons. The zero-order valence-electron chi connectivity index (χ0n) is 22.6. The number of aromatic carboxylic acids is 2. The molecule has 2 aliphatic carbocycles. The molecule has 0 atom stereocenters. The first kappa shape index (κ1) is 34.3. The number of benzene rings is 2. The molecule has 0 unspecified atom stereocenters. The number of carboxylic acids is 2. The van der Waals surface area contributed by atoms with Crippen molar-refractivity contribution in [2.24, 2.45) is 0 Å². The predicted molar refractivity (Wildman–Crippen MR) is 145 cm³/mol. The van der Waals surface area contributed by atoms with Gasteiger partial charge in [-0.2, -0.15) is 0 Å². The second kappa shape index (κ2) is 17.1. The Balaban J connectivity index is 0.000000280. The number of carbonyl (C=O) groups excluding carboxylic acids is 4. The van der Waals surface area contributed by atoms with E-state index in [4.69, 9.17) is 9.47 Å². The molecule has 4 N–H and O–H groups in total. The molecule has 0 heterocycles. The number of amides is 2. The van der Waals surface area contributed by atoms with E-state index < -0.39 is 35.6 Å². The van der Waals surface area contributed by atoms with Crippen molar-refractivity contribution in [1.82, 2.24) is 0 Å². The van der Waals surface area contributed by atoms with Crippen molar-refractivity contribution >= 4 is 84.4 Å². The van der Waals surface area contributed by atoms with Crippen LogP contribution >= 0.6 is 0 Å². The third-order valence-electron chi connectivity index (χ3n) is 6.58. The number of ether oxygens (including phenoxy) is 2. The van der Waals surface area contributed by atoms with E-state index in [-0.39, 0.29) is 83.6 Å². The Bertz CT molecular complexity index is 1120. The van der Waals surface area contributed by atoms with Crippen LogP contribution in [0.15, 0.2) is 36.4 Å². The van der Waals surface area contributed by atoms with Gasteiger partial charge in [0.25, 0.3) is 0 Å². The van der Waals surface area contributed by atoms with Gasteiger partial charge >= 0.3 is 61.1 Å². The topological polar surface area (TPSA) is 197 Å². The standard InChI is InChI=1S/2C14H17NO5.Ba/c2*16-12-7-6-9(8-11(12)13(17)18)15-14(19)20-10-4-2-1-3-5-10;/h2*6-8,10,16H,1-5H2,(H,15,19)(H,17,18);/q;;+2/p-2. The van der Waals surface area contributed by atoms with Gasteiger partial charge in [0.15, 0.2) is 0 Å². The molecule has 2 aromatic rings. The number of nitrogens with one attached hydrogen (secondary N) is 2. The monoisotopic (exact) mass is 694 g/mol. The molecule has 2 saturated carbocycles. The summed E-state index contributed by atoms with van der Waals surface area (Å²) in [7, 11) is 0. The van der Waals surface area contributed by atoms with Crippen LogP contribution in [0.3, 0.4) is 0 Å². The van der Waals surface area contributed by atoms with Gasteiger partial charge in [-0.25, -0.2) is 9.59 Å². The number of hydrogen-bond donors (Lipinski definition) is 4. The Morgan fingerprint density at radius 3 is 1.29 bits per heavy atom. The van der Waals surface area contributed by atoms with Crippen LogP contribution in [0.2, 0.25) is 0 Å². The van der Waals surface area contributed by atoms with Gasteiger partial charge in [-0.05, 0) is 87.8 Å². The second-order valence-corrected chi connectivity index (χ2v) is 9.62. The van der Waals surface area contributed by atoms with Crippen molar-refractivity contribution in [1.29, 1.82) is 0 Å². The fourth-order valence-corrected chi connectivity index (χ4v) is 4.52. The van der Waals surface area contributed by atoms with Crippen molar-refractivity contribution < 1.29 is 49.1 Å². The molecule has 41 heavy (non-hydrogen) atoms. The maximum atomic E-state index is 11.7. The number of rotatable bonds is 6. The molecule has 2 fully saturated rings. The fraction of sp³-hybridized carbons (Fsp3) is 0.429. The van der Waals surface area contributed by atoms with E-state index in [9.17, 15) is 39.6 Å². The number of hydrogen-bond acceptors (Lipinski definition) is 10. The van der Waals surface area contributed by atoms with Crippen LogP contribution in [0.1, 0.15) is 84.9 Å². The molecule has 0 saturated heterocycles. The van der Waals surface area contributed by atoms with E-state index in [0.717, 1.165) is 76.3 Å². The fourth-order valence-electron chi connectivity index (χ4n) is 4.52. The first-order valence-electron chi connectivity index (χ1n) is 13.2. The zero-order chi connectivity index (χ0) is 29.1. The minimum absolute atomic E-state index is 0. The molecule has 216 valence electrons. The van der Waals surface area contributed by atoms with Crippen LogP contribution < -0.4 is 20.8 Å². The number of aromatic hydroxyl groups is 2. The molecule has 0 aliphatic heterocycles. The van der Waals surface area contributed by atoms with Gasteiger partial charge in [0.2, 0.25) is 0 Å².